The molecule has 0 fully saturated rings. The number of carbonyl (C=O) groups is 1. The highest BCUT2D eigenvalue weighted by molar-refractivity contribution is 6.59. The van der Waals surface area contributed by atoms with E-state index in [-0.39, 0.29) is 5.78 Å². The molecule has 0 radical (unpaired) electrons. The van der Waals surface area contributed by atoms with Gasteiger partial charge in [0.25, 0.3) is 0 Å². The second-order valence-corrected chi connectivity index (χ2v) is 12.4. The van der Waals surface area contributed by atoms with Crippen LogP contribution in [0.2, 0.25) is 0 Å². The van der Waals surface area contributed by atoms with E-state index < -0.39 is 0 Å². The van der Waals surface area contributed by atoms with Gasteiger partial charge in [-0.15, -0.1) is 20.4 Å². The highest BCUT2D eigenvalue weighted by Gasteiger charge is 2.35. The highest BCUT2D eigenvalue weighted by Crippen LogP contribution is 2.50. The lowest BCUT2D eigenvalue weighted by atomic mass is 9.88. The molecule has 9 rings (SSSR count). The Morgan fingerprint density at radius 3 is 0.904 bits per heavy atom. The molecule has 7 nitrogen and oxygen atoms in total. The summed E-state index contributed by atoms with van der Waals surface area (Å²) >= 11 is 0. The summed E-state index contributed by atoms with van der Waals surface area (Å²) in [6.07, 6.45) is 2.65. The number of benzene rings is 6. The Kier molecular flexibility index (Phi) is 7.83. The number of rotatable bonds is 8. The van der Waals surface area contributed by atoms with Gasteiger partial charge in [-0.3, -0.25) is 4.79 Å². The van der Waals surface area contributed by atoms with Gasteiger partial charge in [0.1, 0.15) is 0 Å². The van der Waals surface area contributed by atoms with E-state index >= 15 is 0 Å². The van der Waals surface area contributed by atoms with Gasteiger partial charge in [-0.1, -0.05) is 133 Å². The maximum Gasteiger partial charge on any atom is 0.247 e. The average molecular weight is 673 g/mol. The molecule has 246 valence electrons. The lowest BCUT2D eigenvalue weighted by molar-refractivity contribution is -0.108. The Hall–Kier alpha value is -7.25. The Labute approximate surface area is 299 Å². The van der Waals surface area contributed by atoms with Gasteiger partial charge in [0.05, 0.1) is 0 Å². The summed E-state index contributed by atoms with van der Waals surface area (Å²) in [5, 5.41) is 15.6. The molecule has 1 aliphatic carbocycles. The van der Waals surface area contributed by atoms with Crippen LogP contribution in [0.3, 0.4) is 0 Å². The van der Waals surface area contributed by atoms with Crippen molar-refractivity contribution >= 4 is 28.1 Å². The third-order valence-corrected chi connectivity index (χ3v) is 9.33. The zero-order valence-corrected chi connectivity index (χ0v) is 27.7. The molecule has 0 saturated heterocycles. The SMILES string of the molecule is O=C1C(c2ccccc2)=C(c2ccc(-c3ccc(-c4nnco4)cc3)cc2)C(c2ccc(-c3ccc(-c4nnco4)cc3)cc2)=C1c1ccccc1. The van der Waals surface area contributed by atoms with E-state index in [0.29, 0.717) is 22.9 Å². The molecule has 0 bridgehead atoms. The minimum absolute atomic E-state index is 0.00350. The molecular weight excluding hydrogens is 645 g/mol. The molecule has 52 heavy (non-hydrogen) atoms. The predicted octanol–water partition coefficient (Wildman–Crippen LogP) is 10.2. The lowest BCUT2D eigenvalue weighted by Crippen LogP contribution is -2.01. The molecule has 2 aromatic heterocycles. The standard InChI is InChI=1S/C45H28N4O3/c50-43-41(33-7-3-1-4-8-33)39(35-19-11-29(12-20-35)31-15-23-37(24-16-31)44-48-46-27-51-44)40(42(43)34-9-5-2-6-10-34)36-21-13-30(14-22-36)32-17-25-38(26-18-32)45-49-47-28-52-45/h1-28H. The number of ketones is 1. The molecule has 0 saturated carbocycles. The summed E-state index contributed by atoms with van der Waals surface area (Å²) in [6, 6.07) is 52.9. The van der Waals surface area contributed by atoms with Gasteiger partial charge in [-0.05, 0) is 68.8 Å². The first kappa shape index (κ1) is 30.8. The normalized spacial score (nSPS) is 12.9. The van der Waals surface area contributed by atoms with Gasteiger partial charge in [-0.2, -0.15) is 0 Å². The Bertz CT molecular complexity index is 2370. The summed E-state index contributed by atoms with van der Waals surface area (Å²) in [5.41, 5.74) is 12.8. The first-order valence-corrected chi connectivity index (χ1v) is 16.8. The van der Waals surface area contributed by atoms with Crippen LogP contribution in [-0.4, -0.2) is 26.2 Å². The molecule has 1 aliphatic rings. The maximum absolute atomic E-state index is 14.8. The highest BCUT2D eigenvalue weighted by atomic mass is 16.4. The Morgan fingerprint density at radius 2 is 0.596 bits per heavy atom. The fraction of sp³-hybridized carbons (Fsp3) is 0. The smallest absolute Gasteiger partial charge is 0.247 e. The molecule has 0 unspecified atom stereocenters. The molecular formula is C45H28N4O3. The van der Waals surface area contributed by atoms with Crippen LogP contribution in [0.25, 0.3) is 67.5 Å². The van der Waals surface area contributed by atoms with Crippen molar-refractivity contribution in [1.82, 2.24) is 20.4 Å². The van der Waals surface area contributed by atoms with E-state index in [4.69, 9.17) is 8.83 Å². The molecule has 0 atom stereocenters. The van der Waals surface area contributed by atoms with Crippen molar-refractivity contribution < 1.29 is 13.6 Å². The molecule has 7 heteroatoms. The van der Waals surface area contributed by atoms with Crippen LogP contribution in [0.5, 0.6) is 0 Å². The van der Waals surface area contributed by atoms with Crippen LogP contribution in [0.15, 0.2) is 179 Å². The van der Waals surface area contributed by atoms with Crippen molar-refractivity contribution in [2.75, 3.05) is 0 Å². The largest absolute Gasteiger partial charge is 0.423 e. The van der Waals surface area contributed by atoms with E-state index in [2.05, 4.69) is 68.9 Å². The topological polar surface area (TPSA) is 94.9 Å². The van der Waals surface area contributed by atoms with Gasteiger partial charge in [-0.25, -0.2) is 0 Å². The number of carbonyl (C=O) groups excluding carboxylic acids is 1. The third kappa shape index (κ3) is 5.66. The van der Waals surface area contributed by atoms with E-state index in [0.717, 1.165) is 66.8 Å². The number of nitrogens with zero attached hydrogens (tertiary/aromatic N) is 4. The first-order valence-electron chi connectivity index (χ1n) is 16.8. The second kappa shape index (κ2) is 13.2. The second-order valence-electron chi connectivity index (χ2n) is 12.4. The minimum atomic E-state index is 0.00350. The fourth-order valence-corrected chi connectivity index (χ4v) is 6.81. The van der Waals surface area contributed by atoms with Crippen molar-refractivity contribution in [2.45, 2.75) is 0 Å². The summed E-state index contributed by atoms with van der Waals surface area (Å²) in [7, 11) is 0. The molecule has 0 amide bonds. The molecule has 0 spiro atoms. The van der Waals surface area contributed by atoms with E-state index in [9.17, 15) is 4.79 Å². The van der Waals surface area contributed by atoms with Crippen LogP contribution in [0.4, 0.5) is 0 Å². The van der Waals surface area contributed by atoms with Crippen molar-refractivity contribution in [2.24, 2.45) is 0 Å². The van der Waals surface area contributed by atoms with E-state index in [1.807, 2.05) is 109 Å². The maximum atomic E-state index is 14.8. The van der Waals surface area contributed by atoms with Crippen LogP contribution < -0.4 is 0 Å². The zero-order valence-electron chi connectivity index (χ0n) is 27.7. The van der Waals surface area contributed by atoms with Gasteiger partial charge in [0, 0.05) is 33.4 Å². The predicted molar refractivity (Wildman–Crippen MR) is 202 cm³/mol. The quantitative estimate of drug-likeness (QED) is 0.159. The van der Waals surface area contributed by atoms with E-state index in [1.165, 1.54) is 12.8 Å². The number of Topliss-reactive ketones (excluding diaryl/α,β-unsaturated/α-hetero) is 1. The lowest BCUT2D eigenvalue weighted by Gasteiger charge is -2.15. The summed E-state index contributed by atoms with van der Waals surface area (Å²) in [5.74, 6) is 0.963. The zero-order chi connectivity index (χ0) is 34.9. The summed E-state index contributed by atoms with van der Waals surface area (Å²) in [6.45, 7) is 0. The number of allylic oxidation sites excluding steroid dienone is 4. The van der Waals surface area contributed by atoms with Gasteiger partial charge >= 0.3 is 0 Å². The first-order chi connectivity index (χ1) is 25.7. The number of hydrogen-bond acceptors (Lipinski definition) is 7. The minimum Gasteiger partial charge on any atom is -0.423 e. The van der Waals surface area contributed by atoms with Crippen molar-refractivity contribution in [3.8, 4) is 45.2 Å². The van der Waals surface area contributed by atoms with Crippen LogP contribution in [0.1, 0.15) is 22.3 Å². The number of hydrogen-bond donors (Lipinski definition) is 0. The van der Waals surface area contributed by atoms with Gasteiger partial charge < -0.3 is 8.83 Å². The van der Waals surface area contributed by atoms with Crippen LogP contribution in [-0.2, 0) is 4.79 Å². The third-order valence-electron chi connectivity index (χ3n) is 9.33. The van der Waals surface area contributed by atoms with Crippen LogP contribution >= 0.6 is 0 Å². The van der Waals surface area contributed by atoms with Gasteiger partial charge in [0.15, 0.2) is 5.78 Å². The molecule has 2 heterocycles. The fourth-order valence-electron chi connectivity index (χ4n) is 6.81. The van der Waals surface area contributed by atoms with E-state index in [1.54, 1.807) is 0 Å². The molecule has 6 aromatic carbocycles. The monoisotopic (exact) mass is 672 g/mol. The average Bonchev–Trinajstić information content (AvgIpc) is 4.01. The summed E-state index contributed by atoms with van der Waals surface area (Å²) in [4.78, 5) is 14.8. The van der Waals surface area contributed by atoms with Gasteiger partial charge in [0.2, 0.25) is 24.6 Å². The molecule has 8 aromatic rings. The van der Waals surface area contributed by atoms with Crippen molar-refractivity contribution in [3.63, 3.8) is 0 Å². The van der Waals surface area contributed by atoms with Crippen molar-refractivity contribution in [3.05, 3.63) is 193 Å². The van der Waals surface area contributed by atoms with Crippen molar-refractivity contribution in [1.29, 1.82) is 0 Å². The summed E-state index contributed by atoms with van der Waals surface area (Å²) < 4.78 is 10.7. The number of aromatic nitrogens is 4. The van der Waals surface area contributed by atoms with Crippen LogP contribution in [0, 0.1) is 0 Å². The Morgan fingerprint density at radius 1 is 0.308 bits per heavy atom. The molecule has 0 aliphatic heterocycles. The Balaban J connectivity index is 1.15. The molecule has 0 N–H and O–H groups in total.